The second-order valence-electron chi connectivity index (χ2n) is 6.88. The Morgan fingerprint density at radius 1 is 1.29 bits per heavy atom. The van der Waals surface area contributed by atoms with E-state index in [9.17, 15) is 4.79 Å². The third-order valence-corrected chi connectivity index (χ3v) is 4.84. The lowest BCUT2D eigenvalue weighted by Crippen LogP contribution is -2.43. The van der Waals surface area contributed by atoms with Crippen LogP contribution >= 0.6 is 0 Å². The maximum Gasteiger partial charge on any atom is 0.226 e. The minimum atomic E-state index is 0.0120. The average molecular weight is 327 g/mol. The summed E-state index contributed by atoms with van der Waals surface area (Å²) in [6, 6.07) is 9.84. The summed E-state index contributed by atoms with van der Waals surface area (Å²) in [6.45, 7) is 6.96. The summed E-state index contributed by atoms with van der Waals surface area (Å²) in [5, 5.41) is 14.8. The van der Waals surface area contributed by atoms with Gasteiger partial charge in [0.15, 0.2) is 0 Å². The number of benzene rings is 1. The summed E-state index contributed by atoms with van der Waals surface area (Å²) in [5.74, 6) is 0.0120. The summed E-state index contributed by atoms with van der Waals surface area (Å²) >= 11 is 0. The van der Waals surface area contributed by atoms with E-state index in [0.717, 1.165) is 49.6 Å². The summed E-state index contributed by atoms with van der Waals surface area (Å²) < 4.78 is 1.77. The van der Waals surface area contributed by atoms with Crippen molar-refractivity contribution in [3.05, 3.63) is 41.7 Å². The maximum atomic E-state index is 12.3. The van der Waals surface area contributed by atoms with Crippen LogP contribution in [0.5, 0.6) is 0 Å². The van der Waals surface area contributed by atoms with Gasteiger partial charge in [0.05, 0.1) is 23.5 Å². The second-order valence-corrected chi connectivity index (χ2v) is 6.88. The van der Waals surface area contributed by atoms with Crippen molar-refractivity contribution in [3.63, 3.8) is 0 Å². The van der Waals surface area contributed by atoms with Crippen LogP contribution in [0.2, 0.25) is 0 Å². The second kappa shape index (κ2) is 7.13. The number of para-hydroxylation sites is 1. The lowest BCUT2D eigenvalue weighted by atomic mass is 9.81. The summed E-state index contributed by atoms with van der Waals surface area (Å²) in [4.78, 5) is 12.3. The number of rotatable bonds is 5. The van der Waals surface area contributed by atoms with Gasteiger partial charge in [-0.05, 0) is 50.4 Å². The summed E-state index contributed by atoms with van der Waals surface area (Å²) in [5.41, 5.74) is 2.78. The Hall–Kier alpha value is -2.21. The van der Waals surface area contributed by atoms with E-state index in [0.29, 0.717) is 0 Å². The summed E-state index contributed by atoms with van der Waals surface area (Å²) in [6.07, 6.45) is 2.46. The van der Waals surface area contributed by atoms with E-state index >= 15 is 0 Å². The van der Waals surface area contributed by atoms with E-state index in [2.05, 4.69) is 27.9 Å². The van der Waals surface area contributed by atoms with Crippen LogP contribution < -0.4 is 10.6 Å². The third-order valence-electron chi connectivity index (χ3n) is 4.84. The van der Waals surface area contributed by atoms with Gasteiger partial charge in [0, 0.05) is 6.54 Å². The molecular weight excluding hydrogens is 302 g/mol. The van der Waals surface area contributed by atoms with Gasteiger partial charge >= 0.3 is 0 Å². The van der Waals surface area contributed by atoms with Gasteiger partial charge in [-0.15, -0.1) is 5.10 Å². The molecule has 0 saturated carbocycles. The Morgan fingerprint density at radius 2 is 2.00 bits per heavy atom. The Morgan fingerprint density at radius 3 is 2.71 bits per heavy atom. The van der Waals surface area contributed by atoms with Crippen molar-refractivity contribution in [2.75, 3.05) is 19.6 Å². The predicted molar refractivity (Wildman–Crippen MR) is 93.0 cm³/mol. The van der Waals surface area contributed by atoms with Crippen LogP contribution in [0.25, 0.3) is 5.69 Å². The quantitative estimate of drug-likeness (QED) is 0.875. The normalized spacial score (nSPS) is 16.8. The SMILES string of the molecule is Cc1c(CC(=O)NCC2(C)CCNCC2)nnn1-c1ccccc1. The zero-order chi connectivity index (χ0) is 17.0. The molecule has 1 aliphatic heterocycles. The number of nitrogens with zero attached hydrogens (tertiary/aromatic N) is 3. The first-order chi connectivity index (χ1) is 11.6. The molecule has 1 aromatic carbocycles. The van der Waals surface area contributed by atoms with Gasteiger partial charge in [0.2, 0.25) is 5.91 Å². The molecule has 0 spiro atoms. The molecule has 6 nitrogen and oxygen atoms in total. The first kappa shape index (κ1) is 16.6. The first-order valence-electron chi connectivity index (χ1n) is 8.51. The number of piperidine rings is 1. The molecule has 2 heterocycles. The fraction of sp³-hybridized carbons (Fsp3) is 0.500. The molecule has 0 bridgehead atoms. The van der Waals surface area contributed by atoms with Crippen molar-refractivity contribution < 1.29 is 4.79 Å². The summed E-state index contributed by atoms with van der Waals surface area (Å²) in [7, 11) is 0. The monoisotopic (exact) mass is 327 g/mol. The van der Waals surface area contributed by atoms with E-state index in [1.165, 1.54) is 0 Å². The van der Waals surface area contributed by atoms with Crippen molar-refractivity contribution in [2.45, 2.75) is 33.1 Å². The van der Waals surface area contributed by atoms with Gasteiger partial charge in [-0.25, -0.2) is 4.68 Å². The molecule has 24 heavy (non-hydrogen) atoms. The molecule has 1 aliphatic rings. The molecule has 0 aliphatic carbocycles. The highest BCUT2D eigenvalue weighted by Crippen LogP contribution is 2.26. The van der Waals surface area contributed by atoms with Crippen LogP contribution in [-0.2, 0) is 11.2 Å². The third kappa shape index (κ3) is 3.82. The van der Waals surface area contributed by atoms with E-state index < -0.39 is 0 Å². The zero-order valence-electron chi connectivity index (χ0n) is 14.4. The van der Waals surface area contributed by atoms with Crippen molar-refractivity contribution in [1.29, 1.82) is 0 Å². The molecule has 2 N–H and O–H groups in total. The number of amides is 1. The minimum Gasteiger partial charge on any atom is -0.355 e. The highest BCUT2D eigenvalue weighted by molar-refractivity contribution is 5.78. The van der Waals surface area contributed by atoms with Crippen molar-refractivity contribution >= 4 is 5.91 Å². The standard InChI is InChI=1S/C18H25N5O/c1-14-16(21-22-23(14)15-6-4-3-5-7-15)12-17(24)20-13-18(2)8-10-19-11-9-18/h3-7,19H,8-13H2,1-2H3,(H,20,24). The molecule has 1 saturated heterocycles. The highest BCUT2D eigenvalue weighted by atomic mass is 16.1. The van der Waals surface area contributed by atoms with Crippen molar-refractivity contribution in [2.24, 2.45) is 5.41 Å². The predicted octanol–water partition coefficient (Wildman–Crippen LogP) is 1.62. The molecule has 128 valence electrons. The first-order valence-corrected chi connectivity index (χ1v) is 8.51. The molecule has 6 heteroatoms. The molecule has 0 atom stereocenters. The van der Waals surface area contributed by atoms with E-state index in [1.807, 2.05) is 37.3 Å². The Balaban J connectivity index is 1.60. The largest absolute Gasteiger partial charge is 0.355 e. The minimum absolute atomic E-state index is 0.0120. The Labute approximate surface area is 142 Å². The highest BCUT2D eigenvalue weighted by Gasteiger charge is 2.27. The van der Waals surface area contributed by atoms with E-state index in [1.54, 1.807) is 4.68 Å². The van der Waals surface area contributed by atoms with Crippen LogP contribution in [0, 0.1) is 12.3 Å². The molecule has 1 amide bonds. The van der Waals surface area contributed by atoms with Crippen LogP contribution in [0.3, 0.4) is 0 Å². The van der Waals surface area contributed by atoms with Gasteiger partial charge in [-0.1, -0.05) is 30.3 Å². The Bertz CT molecular complexity index is 689. The maximum absolute atomic E-state index is 12.3. The van der Waals surface area contributed by atoms with Gasteiger partial charge in [0.25, 0.3) is 0 Å². The molecule has 1 fully saturated rings. The van der Waals surface area contributed by atoms with E-state index in [-0.39, 0.29) is 17.7 Å². The van der Waals surface area contributed by atoms with Crippen LogP contribution in [0.4, 0.5) is 0 Å². The topological polar surface area (TPSA) is 71.8 Å². The van der Waals surface area contributed by atoms with E-state index in [4.69, 9.17) is 0 Å². The number of hydrogen-bond acceptors (Lipinski definition) is 4. The lowest BCUT2D eigenvalue weighted by Gasteiger charge is -2.34. The lowest BCUT2D eigenvalue weighted by molar-refractivity contribution is -0.121. The van der Waals surface area contributed by atoms with Crippen molar-refractivity contribution in [1.82, 2.24) is 25.6 Å². The molecule has 3 rings (SSSR count). The molecule has 2 aromatic rings. The number of carbonyl (C=O) groups is 1. The molecule has 1 aromatic heterocycles. The number of nitrogens with one attached hydrogen (secondary N) is 2. The van der Waals surface area contributed by atoms with Crippen LogP contribution in [0.15, 0.2) is 30.3 Å². The number of hydrogen-bond donors (Lipinski definition) is 2. The molecule has 0 unspecified atom stereocenters. The van der Waals surface area contributed by atoms with Gasteiger partial charge in [-0.2, -0.15) is 0 Å². The zero-order valence-corrected chi connectivity index (χ0v) is 14.4. The molecular formula is C18H25N5O. The Kier molecular flexibility index (Phi) is 4.94. The fourth-order valence-electron chi connectivity index (χ4n) is 3.07. The fourth-order valence-corrected chi connectivity index (χ4v) is 3.07. The molecule has 0 radical (unpaired) electrons. The smallest absolute Gasteiger partial charge is 0.226 e. The van der Waals surface area contributed by atoms with Crippen LogP contribution in [-0.4, -0.2) is 40.5 Å². The van der Waals surface area contributed by atoms with Crippen molar-refractivity contribution in [3.8, 4) is 5.69 Å². The van der Waals surface area contributed by atoms with Gasteiger partial charge < -0.3 is 10.6 Å². The van der Waals surface area contributed by atoms with Crippen LogP contribution in [0.1, 0.15) is 31.2 Å². The van der Waals surface area contributed by atoms with Gasteiger partial charge in [-0.3, -0.25) is 4.79 Å². The average Bonchev–Trinajstić information content (AvgIpc) is 2.95. The number of carbonyl (C=O) groups excluding carboxylic acids is 1. The number of aromatic nitrogens is 3. The van der Waals surface area contributed by atoms with Gasteiger partial charge in [0.1, 0.15) is 0 Å².